The van der Waals surface area contributed by atoms with Crippen molar-refractivity contribution in [3.05, 3.63) is 27.2 Å². The number of aromatic nitrogens is 1. The quantitative estimate of drug-likeness (QED) is 0.865. The minimum absolute atomic E-state index is 0.174. The van der Waals surface area contributed by atoms with Gasteiger partial charge in [-0.2, -0.15) is 0 Å². The van der Waals surface area contributed by atoms with Crippen LogP contribution in [0.2, 0.25) is 0 Å². The topological polar surface area (TPSA) is 68.5 Å². The second-order valence-electron chi connectivity index (χ2n) is 5.67. The SMILES string of the molecule is CCCn1c2c(c(O)c(C(=O)OCC)c1=O)CC(C)CC2. The fourth-order valence-corrected chi connectivity index (χ4v) is 2.99. The minimum atomic E-state index is -0.731. The van der Waals surface area contributed by atoms with E-state index in [0.717, 1.165) is 30.5 Å². The van der Waals surface area contributed by atoms with Crippen LogP contribution in [0, 0.1) is 5.92 Å². The number of nitrogens with zero attached hydrogens (tertiary/aromatic N) is 1. The van der Waals surface area contributed by atoms with Gasteiger partial charge in [0.25, 0.3) is 5.56 Å². The average molecular weight is 293 g/mol. The number of esters is 1. The molecule has 0 spiro atoms. The van der Waals surface area contributed by atoms with E-state index in [1.165, 1.54) is 0 Å². The summed E-state index contributed by atoms with van der Waals surface area (Å²) in [5, 5.41) is 10.4. The number of aromatic hydroxyl groups is 1. The molecule has 1 unspecified atom stereocenters. The zero-order chi connectivity index (χ0) is 15.6. The van der Waals surface area contributed by atoms with Gasteiger partial charge in [-0.1, -0.05) is 13.8 Å². The van der Waals surface area contributed by atoms with E-state index in [1.54, 1.807) is 11.5 Å². The van der Waals surface area contributed by atoms with Crippen LogP contribution in [0.4, 0.5) is 0 Å². The highest BCUT2D eigenvalue weighted by Gasteiger charge is 2.29. The van der Waals surface area contributed by atoms with Gasteiger partial charge in [-0.25, -0.2) is 4.79 Å². The molecule has 1 aliphatic carbocycles. The molecule has 21 heavy (non-hydrogen) atoms. The lowest BCUT2D eigenvalue weighted by Gasteiger charge is -2.26. The maximum absolute atomic E-state index is 12.6. The van der Waals surface area contributed by atoms with Crippen molar-refractivity contribution < 1.29 is 14.6 Å². The summed E-state index contributed by atoms with van der Waals surface area (Å²) in [6.07, 6.45) is 3.25. The lowest BCUT2D eigenvalue weighted by Crippen LogP contribution is -2.33. The number of hydrogen-bond donors (Lipinski definition) is 1. The molecule has 2 rings (SSSR count). The molecule has 0 fully saturated rings. The van der Waals surface area contributed by atoms with Crippen LogP contribution in [-0.4, -0.2) is 22.2 Å². The zero-order valence-electron chi connectivity index (χ0n) is 12.9. The molecule has 0 saturated heterocycles. The number of hydrogen-bond acceptors (Lipinski definition) is 4. The Labute approximate surface area is 124 Å². The molecule has 1 aromatic rings. The summed E-state index contributed by atoms with van der Waals surface area (Å²) in [4.78, 5) is 24.6. The number of carbonyl (C=O) groups excluding carboxylic acids is 1. The number of fused-ring (bicyclic) bond motifs is 1. The Kier molecular flexibility index (Phi) is 4.70. The first-order valence-electron chi connectivity index (χ1n) is 7.65. The molecule has 5 nitrogen and oxygen atoms in total. The molecule has 0 radical (unpaired) electrons. The summed E-state index contributed by atoms with van der Waals surface area (Å²) >= 11 is 0. The van der Waals surface area contributed by atoms with Gasteiger partial charge in [0.1, 0.15) is 5.75 Å². The molecule has 1 atom stereocenters. The Bertz CT molecular complexity index is 603. The monoisotopic (exact) mass is 293 g/mol. The van der Waals surface area contributed by atoms with Gasteiger partial charge in [0, 0.05) is 17.8 Å². The smallest absolute Gasteiger partial charge is 0.347 e. The molecule has 0 amide bonds. The highest BCUT2D eigenvalue weighted by Crippen LogP contribution is 2.33. The van der Waals surface area contributed by atoms with E-state index < -0.39 is 11.5 Å². The molecule has 1 heterocycles. The van der Waals surface area contributed by atoms with Gasteiger partial charge in [0.2, 0.25) is 0 Å². The predicted molar refractivity (Wildman–Crippen MR) is 79.8 cm³/mol. The Morgan fingerprint density at radius 3 is 2.76 bits per heavy atom. The van der Waals surface area contributed by atoms with Gasteiger partial charge in [-0.3, -0.25) is 4.79 Å². The highest BCUT2D eigenvalue weighted by atomic mass is 16.5. The first-order chi connectivity index (χ1) is 10.0. The fourth-order valence-electron chi connectivity index (χ4n) is 2.99. The second-order valence-corrected chi connectivity index (χ2v) is 5.67. The molecular formula is C16H23NO4. The summed E-state index contributed by atoms with van der Waals surface area (Å²) in [7, 11) is 0. The normalized spacial score (nSPS) is 17.4. The van der Waals surface area contributed by atoms with Crippen molar-refractivity contribution in [1.82, 2.24) is 4.57 Å². The van der Waals surface area contributed by atoms with Crippen molar-refractivity contribution in [1.29, 1.82) is 0 Å². The molecule has 5 heteroatoms. The molecule has 1 aliphatic rings. The average Bonchev–Trinajstić information content (AvgIpc) is 2.44. The summed E-state index contributed by atoms with van der Waals surface area (Å²) < 4.78 is 6.57. The number of pyridine rings is 1. The van der Waals surface area contributed by atoms with Crippen LogP contribution in [0.3, 0.4) is 0 Å². The van der Waals surface area contributed by atoms with Crippen molar-refractivity contribution >= 4 is 5.97 Å². The van der Waals surface area contributed by atoms with Crippen molar-refractivity contribution in [2.45, 2.75) is 53.0 Å². The molecule has 0 aliphatic heterocycles. The third-order valence-corrected chi connectivity index (χ3v) is 4.01. The van der Waals surface area contributed by atoms with Crippen LogP contribution in [-0.2, 0) is 24.1 Å². The Balaban J connectivity index is 2.66. The first-order valence-corrected chi connectivity index (χ1v) is 7.65. The van der Waals surface area contributed by atoms with Crippen molar-refractivity contribution in [3.63, 3.8) is 0 Å². The summed E-state index contributed by atoms with van der Waals surface area (Å²) in [6, 6.07) is 0. The molecular weight excluding hydrogens is 270 g/mol. The van der Waals surface area contributed by atoms with E-state index in [4.69, 9.17) is 4.74 Å². The van der Waals surface area contributed by atoms with Crippen LogP contribution in [0.15, 0.2) is 4.79 Å². The van der Waals surface area contributed by atoms with E-state index in [2.05, 4.69) is 6.92 Å². The van der Waals surface area contributed by atoms with Crippen LogP contribution in [0.25, 0.3) is 0 Å². The summed E-state index contributed by atoms with van der Waals surface area (Å²) in [5.41, 5.74) is 0.981. The largest absolute Gasteiger partial charge is 0.506 e. The standard InChI is InChI=1S/C16H23NO4/c1-4-8-17-12-7-6-10(3)9-11(12)14(18)13(15(17)19)16(20)21-5-2/h10,18H,4-9H2,1-3H3. The van der Waals surface area contributed by atoms with Gasteiger partial charge in [0.05, 0.1) is 6.61 Å². The fraction of sp³-hybridized carbons (Fsp3) is 0.625. The van der Waals surface area contributed by atoms with Gasteiger partial charge < -0.3 is 14.4 Å². The predicted octanol–water partition coefficient (Wildman–Crippen LogP) is 2.27. The molecule has 1 N–H and O–H groups in total. The molecule has 116 valence electrons. The second kappa shape index (κ2) is 6.33. The van der Waals surface area contributed by atoms with Crippen LogP contribution in [0.5, 0.6) is 5.75 Å². The van der Waals surface area contributed by atoms with E-state index in [0.29, 0.717) is 18.9 Å². The van der Waals surface area contributed by atoms with Crippen molar-refractivity contribution in [2.24, 2.45) is 5.92 Å². The van der Waals surface area contributed by atoms with E-state index in [-0.39, 0.29) is 17.9 Å². The Hall–Kier alpha value is -1.78. The molecule has 0 saturated carbocycles. The lowest BCUT2D eigenvalue weighted by molar-refractivity contribution is 0.0519. The molecule has 1 aromatic heterocycles. The third-order valence-electron chi connectivity index (χ3n) is 4.01. The van der Waals surface area contributed by atoms with Crippen molar-refractivity contribution in [2.75, 3.05) is 6.61 Å². The minimum Gasteiger partial charge on any atom is -0.506 e. The first kappa shape index (κ1) is 15.6. The zero-order valence-corrected chi connectivity index (χ0v) is 12.9. The Morgan fingerprint density at radius 2 is 2.14 bits per heavy atom. The number of carbonyl (C=O) groups is 1. The van der Waals surface area contributed by atoms with E-state index >= 15 is 0 Å². The van der Waals surface area contributed by atoms with Crippen LogP contribution in [0.1, 0.15) is 55.2 Å². The Morgan fingerprint density at radius 1 is 1.43 bits per heavy atom. The summed E-state index contributed by atoms with van der Waals surface area (Å²) in [5.74, 6) is -0.468. The number of rotatable bonds is 4. The molecule has 0 aromatic carbocycles. The van der Waals surface area contributed by atoms with Crippen LogP contribution >= 0.6 is 0 Å². The third kappa shape index (κ3) is 2.82. The number of ether oxygens (including phenoxy) is 1. The summed E-state index contributed by atoms with van der Waals surface area (Å²) in [6.45, 7) is 6.52. The van der Waals surface area contributed by atoms with E-state index in [9.17, 15) is 14.7 Å². The van der Waals surface area contributed by atoms with E-state index in [1.807, 2.05) is 6.92 Å². The lowest BCUT2D eigenvalue weighted by atomic mass is 9.86. The van der Waals surface area contributed by atoms with Gasteiger partial charge >= 0.3 is 5.97 Å². The van der Waals surface area contributed by atoms with Crippen molar-refractivity contribution in [3.8, 4) is 5.75 Å². The highest BCUT2D eigenvalue weighted by molar-refractivity contribution is 5.92. The van der Waals surface area contributed by atoms with Gasteiger partial charge in [0.15, 0.2) is 5.56 Å². The van der Waals surface area contributed by atoms with Crippen LogP contribution < -0.4 is 5.56 Å². The maximum Gasteiger partial charge on any atom is 0.347 e. The van der Waals surface area contributed by atoms with Gasteiger partial charge in [-0.15, -0.1) is 0 Å². The van der Waals surface area contributed by atoms with Gasteiger partial charge in [-0.05, 0) is 38.5 Å². The molecule has 0 bridgehead atoms. The maximum atomic E-state index is 12.6.